The topological polar surface area (TPSA) is 237 Å². The molecule has 0 aliphatic heterocycles. The number of phosphoric acid groups is 2. The Morgan fingerprint density at radius 3 is 0.782 bits per heavy atom. The van der Waals surface area contributed by atoms with Crippen molar-refractivity contribution in [3.05, 3.63) is 0 Å². The first-order valence-electron chi connectivity index (χ1n) is 35.5. The van der Waals surface area contributed by atoms with Gasteiger partial charge >= 0.3 is 39.5 Å². The molecule has 0 fully saturated rings. The van der Waals surface area contributed by atoms with Gasteiger partial charge in [0, 0.05) is 25.7 Å². The fourth-order valence-electron chi connectivity index (χ4n) is 10.2. The minimum Gasteiger partial charge on any atom is -0.462 e. The van der Waals surface area contributed by atoms with Crippen molar-refractivity contribution in [3.63, 3.8) is 0 Å². The Morgan fingerprint density at radius 1 is 0.310 bits per heavy atom. The number of aliphatic hydroxyl groups is 1. The van der Waals surface area contributed by atoms with E-state index in [1.54, 1.807) is 0 Å². The SMILES string of the molecule is CCCCCCCCCC(=O)OC[C@H](COP(=O)(O)OC[C@H](O)COP(=O)(O)OC[C@@H](COC(=O)CCCCCCCCCCCCCCCC(C)C)OC(=O)CCCCCCCCCCCCCCCCC(C)C)OC(=O)CCCCCCCCC. The molecular formula is C68H132O17P2. The average molecular weight is 1280 g/mol. The van der Waals surface area contributed by atoms with E-state index >= 15 is 0 Å². The number of esters is 4. The highest BCUT2D eigenvalue weighted by molar-refractivity contribution is 7.47. The van der Waals surface area contributed by atoms with Gasteiger partial charge in [0.2, 0.25) is 0 Å². The van der Waals surface area contributed by atoms with Crippen molar-refractivity contribution in [1.82, 2.24) is 0 Å². The number of carbonyl (C=O) groups excluding carboxylic acids is 4. The quantitative estimate of drug-likeness (QED) is 0.0222. The summed E-state index contributed by atoms with van der Waals surface area (Å²) in [5.41, 5.74) is 0. The molecule has 0 aliphatic rings. The zero-order chi connectivity index (χ0) is 64.3. The molecular weight excluding hydrogens is 1150 g/mol. The minimum atomic E-state index is -4.95. The van der Waals surface area contributed by atoms with Gasteiger partial charge in [-0.3, -0.25) is 37.3 Å². The highest BCUT2D eigenvalue weighted by Crippen LogP contribution is 2.45. The first kappa shape index (κ1) is 85.1. The second-order valence-electron chi connectivity index (χ2n) is 25.5. The summed E-state index contributed by atoms with van der Waals surface area (Å²) in [6.45, 7) is 9.49. The molecule has 87 heavy (non-hydrogen) atoms. The van der Waals surface area contributed by atoms with E-state index in [2.05, 4.69) is 41.5 Å². The predicted molar refractivity (Wildman–Crippen MR) is 349 cm³/mol. The third-order valence-electron chi connectivity index (χ3n) is 15.7. The van der Waals surface area contributed by atoms with Crippen LogP contribution in [0.25, 0.3) is 0 Å². The van der Waals surface area contributed by atoms with E-state index in [0.29, 0.717) is 25.7 Å². The van der Waals surface area contributed by atoms with Crippen LogP contribution >= 0.6 is 15.6 Å². The Balaban J connectivity index is 5.16. The van der Waals surface area contributed by atoms with Gasteiger partial charge in [-0.1, -0.05) is 292 Å². The molecule has 5 atom stereocenters. The van der Waals surface area contributed by atoms with Gasteiger partial charge in [-0.2, -0.15) is 0 Å². The molecule has 0 aromatic heterocycles. The van der Waals surface area contributed by atoms with Gasteiger partial charge in [-0.25, -0.2) is 9.13 Å². The molecule has 0 heterocycles. The molecule has 0 aromatic rings. The van der Waals surface area contributed by atoms with Gasteiger partial charge in [-0.15, -0.1) is 0 Å². The Labute approximate surface area is 530 Å². The van der Waals surface area contributed by atoms with Crippen LogP contribution in [0.3, 0.4) is 0 Å². The normalized spacial score (nSPS) is 14.2. The minimum absolute atomic E-state index is 0.103. The lowest BCUT2D eigenvalue weighted by Gasteiger charge is -2.21. The van der Waals surface area contributed by atoms with Crippen LogP contribution < -0.4 is 0 Å². The highest BCUT2D eigenvalue weighted by Gasteiger charge is 2.30. The van der Waals surface area contributed by atoms with Crippen molar-refractivity contribution in [3.8, 4) is 0 Å². The first-order valence-corrected chi connectivity index (χ1v) is 38.5. The maximum absolute atomic E-state index is 13.0. The molecule has 17 nitrogen and oxygen atoms in total. The summed E-state index contributed by atoms with van der Waals surface area (Å²) in [6, 6.07) is 0. The number of hydrogen-bond donors (Lipinski definition) is 3. The third-order valence-corrected chi connectivity index (χ3v) is 17.6. The second kappa shape index (κ2) is 60.3. The molecule has 0 rings (SSSR count). The molecule has 0 spiro atoms. The van der Waals surface area contributed by atoms with Crippen LogP contribution in [0.5, 0.6) is 0 Å². The van der Waals surface area contributed by atoms with E-state index in [0.717, 1.165) is 127 Å². The van der Waals surface area contributed by atoms with Crippen molar-refractivity contribution in [2.75, 3.05) is 39.6 Å². The molecule has 3 N–H and O–H groups in total. The summed E-state index contributed by atoms with van der Waals surface area (Å²) < 4.78 is 68.0. The van der Waals surface area contributed by atoms with Crippen molar-refractivity contribution >= 4 is 39.5 Å². The van der Waals surface area contributed by atoms with Gasteiger partial charge in [0.05, 0.1) is 26.4 Å². The summed E-state index contributed by atoms with van der Waals surface area (Å²) >= 11 is 0. The maximum atomic E-state index is 13.0. The number of rotatable bonds is 67. The smallest absolute Gasteiger partial charge is 0.462 e. The van der Waals surface area contributed by atoms with Gasteiger partial charge in [0.1, 0.15) is 19.3 Å². The van der Waals surface area contributed by atoms with Gasteiger partial charge < -0.3 is 33.8 Å². The summed E-state index contributed by atoms with van der Waals surface area (Å²) in [7, 11) is -9.88. The number of aliphatic hydroxyl groups excluding tert-OH is 1. The van der Waals surface area contributed by atoms with E-state index < -0.39 is 97.5 Å². The average Bonchev–Trinajstić information content (AvgIpc) is 3.70. The number of unbranched alkanes of at least 4 members (excludes halogenated alkanes) is 37. The van der Waals surface area contributed by atoms with Gasteiger partial charge in [0.15, 0.2) is 12.2 Å². The van der Waals surface area contributed by atoms with Crippen LogP contribution in [0.4, 0.5) is 0 Å². The maximum Gasteiger partial charge on any atom is 0.472 e. The zero-order valence-electron chi connectivity index (χ0n) is 56.3. The van der Waals surface area contributed by atoms with Crippen LogP contribution in [0.2, 0.25) is 0 Å². The Bertz CT molecular complexity index is 1700. The summed E-state index contributed by atoms with van der Waals surface area (Å²) in [5.74, 6) is -0.550. The lowest BCUT2D eigenvalue weighted by molar-refractivity contribution is -0.161. The van der Waals surface area contributed by atoms with Crippen molar-refractivity contribution in [2.45, 2.75) is 362 Å². The van der Waals surface area contributed by atoms with E-state index in [1.807, 2.05) is 0 Å². The molecule has 516 valence electrons. The van der Waals surface area contributed by atoms with E-state index in [4.69, 9.17) is 37.0 Å². The fourth-order valence-corrected chi connectivity index (χ4v) is 11.8. The lowest BCUT2D eigenvalue weighted by atomic mass is 10.0. The molecule has 0 bridgehead atoms. The predicted octanol–water partition coefficient (Wildman–Crippen LogP) is 19.2. The Kier molecular flexibility index (Phi) is 59.0. The number of carbonyl (C=O) groups is 4. The largest absolute Gasteiger partial charge is 0.472 e. The van der Waals surface area contributed by atoms with Crippen LogP contribution in [0.15, 0.2) is 0 Å². The lowest BCUT2D eigenvalue weighted by Crippen LogP contribution is -2.30. The van der Waals surface area contributed by atoms with Crippen LogP contribution in [-0.2, 0) is 65.4 Å². The monoisotopic (exact) mass is 1280 g/mol. The van der Waals surface area contributed by atoms with Crippen LogP contribution in [0, 0.1) is 11.8 Å². The van der Waals surface area contributed by atoms with Gasteiger partial charge in [-0.05, 0) is 37.5 Å². The molecule has 0 saturated carbocycles. The molecule has 2 unspecified atom stereocenters. The zero-order valence-corrected chi connectivity index (χ0v) is 58.1. The molecule has 0 radical (unpaired) electrons. The van der Waals surface area contributed by atoms with Crippen molar-refractivity contribution < 1.29 is 80.2 Å². The number of phosphoric ester groups is 2. The molecule has 0 amide bonds. The molecule has 0 aliphatic carbocycles. The van der Waals surface area contributed by atoms with E-state index in [1.165, 1.54) is 135 Å². The van der Waals surface area contributed by atoms with Crippen LogP contribution in [-0.4, -0.2) is 96.7 Å². The number of hydrogen-bond acceptors (Lipinski definition) is 15. The second-order valence-corrected chi connectivity index (χ2v) is 28.4. The summed E-state index contributed by atoms with van der Waals surface area (Å²) in [6.07, 6.45) is 44.7. The third kappa shape index (κ3) is 62.6. The fraction of sp³-hybridized carbons (Fsp3) is 0.941. The van der Waals surface area contributed by atoms with Gasteiger partial charge in [0.25, 0.3) is 0 Å². The Hall–Kier alpha value is -1.94. The summed E-state index contributed by atoms with van der Waals surface area (Å²) in [4.78, 5) is 72.2. The van der Waals surface area contributed by atoms with E-state index in [9.17, 15) is 43.2 Å². The molecule has 19 heteroatoms. The van der Waals surface area contributed by atoms with Crippen LogP contribution in [0.1, 0.15) is 343 Å². The van der Waals surface area contributed by atoms with Crippen molar-refractivity contribution in [2.24, 2.45) is 11.8 Å². The highest BCUT2D eigenvalue weighted by atomic mass is 31.2. The van der Waals surface area contributed by atoms with E-state index in [-0.39, 0.29) is 25.7 Å². The molecule has 0 saturated heterocycles. The Morgan fingerprint density at radius 2 is 0.529 bits per heavy atom. The molecule has 0 aromatic carbocycles. The standard InChI is InChI=1S/C68H132O17P2/c1-7-9-11-13-30-38-44-50-65(70)78-56-63(84-67(72)52-46-40-31-14-12-10-8-2)58-82-86(74,75)80-54-62(69)55-81-87(76,77)83-59-64(57-79-66(71)51-45-39-34-28-24-21-17-19-23-27-33-37-43-49-61(5)6)85-68(73)53-47-41-35-29-25-20-16-15-18-22-26-32-36-42-48-60(3)4/h60-64,69H,7-59H2,1-6H3,(H,74,75)(H,76,77)/t62-,63+,64+/m0/s1. The first-order chi connectivity index (χ1) is 41.9. The summed E-state index contributed by atoms with van der Waals surface area (Å²) in [5, 5.41) is 10.5. The van der Waals surface area contributed by atoms with Crippen molar-refractivity contribution in [1.29, 1.82) is 0 Å². The number of ether oxygens (including phenoxy) is 4.